The maximum Gasteiger partial charge on any atom is 0.235 e. The van der Waals surface area contributed by atoms with Gasteiger partial charge in [-0.2, -0.15) is 0 Å². The zero-order valence-corrected chi connectivity index (χ0v) is 14.5. The van der Waals surface area contributed by atoms with Crippen molar-refractivity contribution in [3.8, 4) is 5.75 Å². The van der Waals surface area contributed by atoms with Gasteiger partial charge < -0.3 is 4.74 Å². The van der Waals surface area contributed by atoms with Crippen LogP contribution in [-0.4, -0.2) is 18.8 Å². The summed E-state index contributed by atoms with van der Waals surface area (Å²) in [6, 6.07) is 14.0. The van der Waals surface area contributed by atoms with Gasteiger partial charge in [0.1, 0.15) is 5.75 Å². The molecule has 0 saturated carbocycles. The van der Waals surface area contributed by atoms with Gasteiger partial charge in [0.2, 0.25) is 5.91 Å². The number of hydrogen-bond donors (Lipinski definition) is 0. The van der Waals surface area contributed by atoms with Crippen molar-refractivity contribution in [2.24, 2.45) is 5.92 Å². The molecule has 23 heavy (non-hydrogen) atoms. The van der Waals surface area contributed by atoms with Gasteiger partial charge in [-0.3, -0.25) is 9.69 Å². The summed E-state index contributed by atoms with van der Waals surface area (Å²) < 4.78 is 5.46. The van der Waals surface area contributed by atoms with E-state index in [9.17, 15) is 4.79 Å². The highest BCUT2D eigenvalue weighted by Crippen LogP contribution is 2.43. The summed E-state index contributed by atoms with van der Waals surface area (Å²) in [5, 5.41) is 0. The molecular formula is C19H21NO2S. The molecule has 120 valence electrons. The summed E-state index contributed by atoms with van der Waals surface area (Å²) in [6.07, 6.45) is 0.847. The SMILES string of the molecule is CCC1CSc2cc(OC)c(C)cc2N(c2ccccc2)C1=O. The predicted octanol–water partition coefficient (Wildman–Crippen LogP) is 4.80. The lowest BCUT2D eigenvalue weighted by atomic mass is 10.1. The van der Waals surface area contributed by atoms with E-state index in [0.717, 1.165) is 39.8 Å². The maximum absolute atomic E-state index is 13.1. The fourth-order valence-corrected chi connectivity index (χ4v) is 4.11. The van der Waals surface area contributed by atoms with Crippen molar-refractivity contribution < 1.29 is 9.53 Å². The quantitative estimate of drug-likeness (QED) is 0.811. The van der Waals surface area contributed by atoms with Crippen LogP contribution in [0.2, 0.25) is 0 Å². The predicted molar refractivity (Wildman–Crippen MR) is 95.8 cm³/mol. The fraction of sp³-hybridized carbons (Fsp3) is 0.316. The first kappa shape index (κ1) is 15.9. The smallest absolute Gasteiger partial charge is 0.235 e. The molecule has 0 aliphatic carbocycles. The summed E-state index contributed by atoms with van der Waals surface area (Å²) >= 11 is 1.74. The zero-order chi connectivity index (χ0) is 16.4. The third kappa shape index (κ3) is 2.95. The Morgan fingerprint density at radius 1 is 1.26 bits per heavy atom. The van der Waals surface area contributed by atoms with Crippen molar-refractivity contribution in [3.63, 3.8) is 0 Å². The van der Waals surface area contributed by atoms with Crippen molar-refractivity contribution in [1.82, 2.24) is 0 Å². The van der Waals surface area contributed by atoms with Gasteiger partial charge in [0, 0.05) is 22.3 Å². The molecule has 0 N–H and O–H groups in total. The molecule has 4 heteroatoms. The third-order valence-corrected chi connectivity index (χ3v) is 5.44. The van der Waals surface area contributed by atoms with Crippen LogP contribution in [0.4, 0.5) is 11.4 Å². The number of methoxy groups -OCH3 is 1. The lowest BCUT2D eigenvalue weighted by Gasteiger charge is -2.26. The number of carbonyl (C=O) groups excluding carboxylic acids is 1. The Morgan fingerprint density at radius 3 is 2.65 bits per heavy atom. The van der Waals surface area contributed by atoms with Crippen molar-refractivity contribution in [3.05, 3.63) is 48.0 Å². The summed E-state index contributed by atoms with van der Waals surface area (Å²) in [4.78, 5) is 16.1. The summed E-state index contributed by atoms with van der Waals surface area (Å²) in [5.74, 6) is 1.87. The van der Waals surface area contributed by atoms with Gasteiger partial charge >= 0.3 is 0 Å². The summed E-state index contributed by atoms with van der Waals surface area (Å²) in [5.41, 5.74) is 2.92. The summed E-state index contributed by atoms with van der Waals surface area (Å²) in [7, 11) is 1.69. The number of nitrogens with zero attached hydrogens (tertiary/aromatic N) is 1. The number of hydrogen-bond acceptors (Lipinski definition) is 3. The normalized spacial score (nSPS) is 17.6. The number of para-hydroxylation sites is 1. The molecule has 0 bridgehead atoms. The average Bonchev–Trinajstić information content (AvgIpc) is 2.70. The van der Waals surface area contributed by atoms with Crippen LogP contribution in [0.15, 0.2) is 47.4 Å². The minimum Gasteiger partial charge on any atom is -0.496 e. The van der Waals surface area contributed by atoms with Crippen molar-refractivity contribution >= 4 is 29.0 Å². The molecule has 3 nitrogen and oxygen atoms in total. The lowest BCUT2D eigenvalue weighted by Crippen LogP contribution is -2.32. The van der Waals surface area contributed by atoms with Crippen molar-refractivity contribution in [1.29, 1.82) is 0 Å². The summed E-state index contributed by atoms with van der Waals surface area (Å²) in [6.45, 7) is 4.09. The monoisotopic (exact) mass is 327 g/mol. The first-order valence-corrected chi connectivity index (χ1v) is 8.84. The minimum atomic E-state index is 0.0268. The largest absolute Gasteiger partial charge is 0.496 e. The van der Waals surface area contributed by atoms with Crippen LogP contribution in [0.25, 0.3) is 0 Å². The van der Waals surface area contributed by atoms with E-state index in [1.165, 1.54) is 0 Å². The number of ether oxygens (including phenoxy) is 1. The highest BCUT2D eigenvalue weighted by atomic mass is 32.2. The molecule has 0 radical (unpaired) electrons. The molecule has 1 aliphatic rings. The average molecular weight is 327 g/mol. The van der Waals surface area contributed by atoms with Gasteiger partial charge in [-0.25, -0.2) is 0 Å². The molecular weight excluding hydrogens is 306 g/mol. The molecule has 3 rings (SSSR count). The second kappa shape index (κ2) is 6.67. The molecule has 2 aromatic rings. The van der Waals surface area contributed by atoms with Crippen LogP contribution in [0.1, 0.15) is 18.9 Å². The van der Waals surface area contributed by atoms with E-state index in [1.807, 2.05) is 42.2 Å². The number of aryl methyl sites for hydroxylation is 1. The first-order chi connectivity index (χ1) is 11.2. The van der Waals surface area contributed by atoms with E-state index < -0.39 is 0 Å². The Balaban J connectivity index is 2.18. The van der Waals surface area contributed by atoms with Gasteiger partial charge in [0.05, 0.1) is 12.8 Å². The lowest BCUT2D eigenvalue weighted by molar-refractivity contribution is -0.121. The van der Waals surface area contributed by atoms with Gasteiger partial charge in [0.15, 0.2) is 0 Å². The van der Waals surface area contributed by atoms with Crippen LogP contribution < -0.4 is 9.64 Å². The topological polar surface area (TPSA) is 29.5 Å². The Morgan fingerprint density at radius 2 is 2.00 bits per heavy atom. The number of thioether (sulfide) groups is 1. The molecule has 1 amide bonds. The first-order valence-electron chi connectivity index (χ1n) is 7.86. The van der Waals surface area contributed by atoms with Gasteiger partial charge in [-0.05, 0) is 43.2 Å². The van der Waals surface area contributed by atoms with Crippen LogP contribution >= 0.6 is 11.8 Å². The molecule has 0 aromatic heterocycles. The number of benzene rings is 2. The minimum absolute atomic E-state index is 0.0268. The number of rotatable bonds is 3. The van der Waals surface area contributed by atoms with E-state index in [1.54, 1.807) is 18.9 Å². The number of amides is 1. The Bertz CT molecular complexity index is 715. The number of fused-ring (bicyclic) bond motifs is 1. The van der Waals surface area contributed by atoms with E-state index in [0.29, 0.717) is 0 Å². The Hall–Kier alpha value is -1.94. The van der Waals surface area contributed by atoms with Crippen LogP contribution in [0.3, 0.4) is 0 Å². The molecule has 1 atom stereocenters. The van der Waals surface area contributed by atoms with Crippen LogP contribution in [0, 0.1) is 12.8 Å². The molecule has 1 heterocycles. The van der Waals surface area contributed by atoms with E-state index in [-0.39, 0.29) is 11.8 Å². The second-order valence-corrected chi connectivity index (χ2v) is 6.78. The molecule has 0 spiro atoms. The van der Waals surface area contributed by atoms with Gasteiger partial charge in [0.25, 0.3) is 0 Å². The number of anilines is 2. The highest BCUT2D eigenvalue weighted by Gasteiger charge is 2.31. The van der Waals surface area contributed by atoms with Crippen LogP contribution in [0.5, 0.6) is 5.75 Å². The molecule has 1 aliphatic heterocycles. The standard InChI is InChI=1S/C19H21NO2S/c1-4-14-12-23-18-11-17(22-3)13(2)10-16(18)20(19(14)21)15-8-6-5-7-9-15/h5-11,14H,4,12H2,1-3H3. The molecule has 1 unspecified atom stereocenters. The van der Waals surface area contributed by atoms with E-state index in [4.69, 9.17) is 4.74 Å². The van der Waals surface area contributed by atoms with E-state index >= 15 is 0 Å². The van der Waals surface area contributed by atoms with Crippen molar-refractivity contribution in [2.45, 2.75) is 25.2 Å². The second-order valence-electron chi connectivity index (χ2n) is 5.71. The maximum atomic E-state index is 13.1. The van der Waals surface area contributed by atoms with Gasteiger partial charge in [-0.1, -0.05) is 25.1 Å². The molecule has 0 saturated heterocycles. The zero-order valence-electron chi connectivity index (χ0n) is 13.7. The Kier molecular flexibility index (Phi) is 4.62. The van der Waals surface area contributed by atoms with Crippen LogP contribution in [-0.2, 0) is 4.79 Å². The van der Waals surface area contributed by atoms with Crippen molar-refractivity contribution in [2.75, 3.05) is 17.8 Å². The molecule has 0 fully saturated rings. The Labute approximate surface area is 141 Å². The highest BCUT2D eigenvalue weighted by molar-refractivity contribution is 7.99. The molecule has 2 aromatic carbocycles. The van der Waals surface area contributed by atoms with Gasteiger partial charge in [-0.15, -0.1) is 11.8 Å². The third-order valence-electron chi connectivity index (χ3n) is 4.23. The number of carbonyl (C=O) groups is 1. The fourth-order valence-electron chi connectivity index (χ4n) is 2.86. The van der Waals surface area contributed by atoms with E-state index in [2.05, 4.69) is 19.1 Å².